The van der Waals surface area contributed by atoms with Crippen LogP contribution in [-0.4, -0.2) is 59.5 Å². The van der Waals surface area contributed by atoms with Gasteiger partial charge in [0.05, 0.1) is 0 Å². The largest absolute Gasteiger partial charge is 0.444 e. The van der Waals surface area contributed by atoms with Crippen LogP contribution >= 0.6 is 0 Å². The molecule has 2 saturated heterocycles. The van der Waals surface area contributed by atoms with E-state index in [1.54, 1.807) is 4.90 Å². The van der Waals surface area contributed by atoms with Crippen molar-refractivity contribution in [3.63, 3.8) is 0 Å². The molecule has 0 spiro atoms. The molecule has 142 valence electrons. The Balaban J connectivity index is 1.80. The Hall–Kier alpha value is -1.79. The molecule has 0 aliphatic carbocycles. The van der Waals surface area contributed by atoms with Gasteiger partial charge in [-0.25, -0.2) is 4.79 Å². The predicted octanol–water partition coefficient (Wildman–Crippen LogP) is 1.75. The molecular weight excluding hydrogens is 322 g/mol. The highest BCUT2D eigenvalue weighted by atomic mass is 16.6. The monoisotopic (exact) mass is 353 g/mol. The summed E-state index contributed by atoms with van der Waals surface area (Å²) in [7, 11) is 0. The van der Waals surface area contributed by atoms with Crippen molar-refractivity contribution in [3.8, 4) is 0 Å². The van der Waals surface area contributed by atoms with Crippen molar-refractivity contribution in [1.82, 2.24) is 9.80 Å². The first kappa shape index (κ1) is 19.5. The van der Waals surface area contributed by atoms with E-state index in [1.165, 1.54) is 0 Å². The minimum Gasteiger partial charge on any atom is -0.444 e. The van der Waals surface area contributed by atoms with E-state index in [9.17, 15) is 14.4 Å². The van der Waals surface area contributed by atoms with Crippen molar-refractivity contribution in [2.45, 2.75) is 58.5 Å². The molecule has 7 heteroatoms. The van der Waals surface area contributed by atoms with Crippen molar-refractivity contribution in [2.24, 2.45) is 17.6 Å². The molecule has 0 bridgehead atoms. The zero-order chi connectivity index (χ0) is 18.6. The van der Waals surface area contributed by atoms with Crippen molar-refractivity contribution in [2.75, 3.05) is 26.2 Å². The van der Waals surface area contributed by atoms with E-state index in [0.717, 1.165) is 32.2 Å². The topological polar surface area (TPSA) is 92.9 Å². The molecule has 2 aliphatic rings. The zero-order valence-corrected chi connectivity index (χ0v) is 15.6. The minimum absolute atomic E-state index is 0.0552. The van der Waals surface area contributed by atoms with Gasteiger partial charge in [-0.15, -0.1) is 0 Å². The van der Waals surface area contributed by atoms with E-state index < -0.39 is 11.5 Å². The third kappa shape index (κ3) is 5.90. The average molecular weight is 353 g/mol. The van der Waals surface area contributed by atoms with Gasteiger partial charge in [0.1, 0.15) is 5.60 Å². The fourth-order valence-corrected chi connectivity index (χ4v) is 3.57. The number of carbonyl (C=O) groups excluding carboxylic acids is 3. The third-order valence-electron chi connectivity index (χ3n) is 4.83. The summed E-state index contributed by atoms with van der Waals surface area (Å²) in [4.78, 5) is 39.3. The third-order valence-corrected chi connectivity index (χ3v) is 4.83. The lowest BCUT2D eigenvalue weighted by Crippen LogP contribution is -2.47. The van der Waals surface area contributed by atoms with E-state index in [1.807, 2.05) is 25.7 Å². The van der Waals surface area contributed by atoms with Gasteiger partial charge in [0.15, 0.2) is 0 Å². The lowest BCUT2D eigenvalue weighted by Gasteiger charge is -2.38. The highest BCUT2D eigenvalue weighted by molar-refractivity contribution is 5.85. The van der Waals surface area contributed by atoms with Gasteiger partial charge in [0.25, 0.3) is 0 Å². The van der Waals surface area contributed by atoms with Gasteiger partial charge in [-0.1, -0.05) is 0 Å². The van der Waals surface area contributed by atoms with Crippen LogP contribution in [0.25, 0.3) is 0 Å². The van der Waals surface area contributed by atoms with Crippen molar-refractivity contribution in [1.29, 1.82) is 0 Å². The van der Waals surface area contributed by atoms with Crippen molar-refractivity contribution < 1.29 is 19.1 Å². The number of ether oxygens (including phenoxy) is 1. The molecule has 1 unspecified atom stereocenters. The van der Waals surface area contributed by atoms with Crippen LogP contribution in [0.1, 0.15) is 52.9 Å². The lowest BCUT2D eigenvalue weighted by molar-refractivity contribution is -0.141. The highest BCUT2D eigenvalue weighted by Gasteiger charge is 2.33. The number of carbonyl (C=O) groups is 3. The molecule has 2 heterocycles. The molecule has 25 heavy (non-hydrogen) atoms. The number of primary amides is 1. The number of nitrogens with zero attached hydrogens (tertiary/aromatic N) is 2. The molecule has 2 aliphatic heterocycles. The Morgan fingerprint density at radius 3 is 2.36 bits per heavy atom. The second kappa shape index (κ2) is 8.06. The number of rotatable bonds is 4. The Morgan fingerprint density at radius 1 is 1.16 bits per heavy atom. The first-order chi connectivity index (χ1) is 11.7. The number of likely N-dealkylation sites (tertiary alicyclic amines) is 2. The summed E-state index contributed by atoms with van der Waals surface area (Å²) in [5, 5.41) is 0. The highest BCUT2D eigenvalue weighted by Crippen LogP contribution is 2.25. The van der Waals surface area contributed by atoms with E-state index in [2.05, 4.69) is 0 Å². The maximum absolute atomic E-state index is 12.5. The fraction of sp³-hybridized carbons (Fsp3) is 0.833. The maximum Gasteiger partial charge on any atom is 0.410 e. The summed E-state index contributed by atoms with van der Waals surface area (Å²) in [6, 6.07) is 0. The van der Waals surface area contributed by atoms with Crippen LogP contribution in [0.2, 0.25) is 0 Å². The molecule has 0 aromatic rings. The molecule has 0 radical (unpaired) electrons. The Bertz CT molecular complexity index is 507. The van der Waals surface area contributed by atoms with Gasteiger partial charge in [-0.05, 0) is 52.4 Å². The Kier molecular flexibility index (Phi) is 6.30. The number of amides is 3. The summed E-state index contributed by atoms with van der Waals surface area (Å²) in [6.07, 6.45) is 3.27. The maximum atomic E-state index is 12.5. The smallest absolute Gasteiger partial charge is 0.410 e. The summed E-state index contributed by atoms with van der Waals surface area (Å²) >= 11 is 0. The lowest BCUT2D eigenvalue weighted by atomic mass is 9.91. The standard InChI is InChI=1S/C18H31N3O4/c1-18(2,3)25-17(24)20-9-6-13(7-10-20)12-21-8-4-5-14(16(21)23)11-15(19)22/h13-14H,4-12H2,1-3H3,(H2,19,22). The van der Waals surface area contributed by atoms with E-state index in [4.69, 9.17) is 10.5 Å². The number of piperidine rings is 2. The first-order valence-corrected chi connectivity index (χ1v) is 9.20. The van der Waals surface area contributed by atoms with Gasteiger partial charge >= 0.3 is 6.09 Å². The van der Waals surface area contributed by atoms with Gasteiger partial charge in [0.2, 0.25) is 11.8 Å². The molecule has 0 aromatic heterocycles. The quantitative estimate of drug-likeness (QED) is 0.833. The van der Waals surface area contributed by atoms with E-state index in [0.29, 0.717) is 25.6 Å². The second-order valence-corrected chi connectivity index (χ2v) is 8.20. The van der Waals surface area contributed by atoms with Gasteiger partial charge in [0, 0.05) is 38.5 Å². The van der Waals surface area contributed by atoms with Gasteiger partial charge in [-0.2, -0.15) is 0 Å². The van der Waals surface area contributed by atoms with Gasteiger partial charge < -0.3 is 20.3 Å². The molecule has 2 N–H and O–H groups in total. The molecule has 2 fully saturated rings. The van der Waals surface area contributed by atoms with Crippen LogP contribution in [0, 0.1) is 11.8 Å². The van der Waals surface area contributed by atoms with Crippen molar-refractivity contribution in [3.05, 3.63) is 0 Å². The zero-order valence-electron chi connectivity index (χ0n) is 15.6. The van der Waals surface area contributed by atoms with Crippen LogP contribution < -0.4 is 5.73 Å². The Morgan fingerprint density at radius 2 is 1.80 bits per heavy atom. The van der Waals surface area contributed by atoms with Crippen LogP contribution in [0.4, 0.5) is 4.79 Å². The normalized spacial score (nSPS) is 22.8. The number of hydrogen-bond donors (Lipinski definition) is 1. The van der Waals surface area contributed by atoms with Crippen LogP contribution in [0.15, 0.2) is 0 Å². The van der Waals surface area contributed by atoms with Crippen LogP contribution in [0.3, 0.4) is 0 Å². The van der Waals surface area contributed by atoms with Crippen LogP contribution in [0.5, 0.6) is 0 Å². The van der Waals surface area contributed by atoms with Gasteiger partial charge in [-0.3, -0.25) is 9.59 Å². The molecule has 2 rings (SSSR count). The molecule has 0 aromatic carbocycles. The second-order valence-electron chi connectivity index (χ2n) is 8.20. The molecule has 3 amide bonds. The molecule has 0 saturated carbocycles. The first-order valence-electron chi connectivity index (χ1n) is 9.20. The predicted molar refractivity (Wildman–Crippen MR) is 93.6 cm³/mol. The van der Waals surface area contributed by atoms with Crippen LogP contribution in [-0.2, 0) is 14.3 Å². The Labute approximate surface area is 149 Å². The SMILES string of the molecule is CC(C)(C)OC(=O)N1CCC(CN2CCCC(CC(N)=O)C2=O)CC1. The summed E-state index contributed by atoms with van der Waals surface area (Å²) in [5.74, 6) is -0.228. The molecule has 1 atom stereocenters. The summed E-state index contributed by atoms with van der Waals surface area (Å²) in [5.41, 5.74) is 4.76. The molecular formula is C18H31N3O4. The average Bonchev–Trinajstić information content (AvgIpc) is 2.50. The summed E-state index contributed by atoms with van der Waals surface area (Å²) < 4.78 is 5.41. The summed E-state index contributed by atoms with van der Waals surface area (Å²) in [6.45, 7) is 8.36. The number of nitrogens with two attached hydrogens (primary N) is 1. The number of hydrogen-bond acceptors (Lipinski definition) is 4. The van der Waals surface area contributed by atoms with E-state index >= 15 is 0 Å². The van der Waals surface area contributed by atoms with Crippen molar-refractivity contribution >= 4 is 17.9 Å². The van der Waals surface area contributed by atoms with E-state index in [-0.39, 0.29) is 24.3 Å². The molecule has 7 nitrogen and oxygen atoms in total. The fourth-order valence-electron chi connectivity index (χ4n) is 3.57. The minimum atomic E-state index is -0.483.